The van der Waals surface area contributed by atoms with Gasteiger partial charge in [0, 0.05) is 49.3 Å². The molecule has 9 amide bonds. The number of thioether (sulfide) groups is 1. The molecule has 0 saturated carbocycles. The molecule has 7 rings (SSSR count). The first-order chi connectivity index (χ1) is 42.0. The van der Waals surface area contributed by atoms with E-state index in [0.717, 1.165) is 10.9 Å². The minimum atomic E-state index is -1.34. The van der Waals surface area contributed by atoms with Crippen LogP contribution >= 0.6 is 11.8 Å². The smallest absolute Gasteiger partial charge is 0.245 e. The first-order valence-electron chi connectivity index (χ1n) is 30.6. The van der Waals surface area contributed by atoms with Crippen molar-refractivity contribution in [1.82, 2.24) is 52.4 Å². The molecular weight excluding hydrogens is 1120 g/mol. The third-order valence-corrected chi connectivity index (χ3v) is 16.9. The van der Waals surface area contributed by atoms with Crippen molar-refractivity contribution in [3.8, 4) is 0 Å². The van der Waals surface area contributed by atoms with E-state index in [2.05, 4.69) is 47.5 Å². The first kappa shape index (κ1) is 66.5. The highest BCUT2D eigenvalue weighted by atomic mass is 32.2. The number of benzene rings is 4. The molecule has 4 aromatic carbocycles. The number of hydrogen-bond donors (Lipinski definition) is 10. The number of aromatic amines is 1. The molecule has 1 aromatic heterocycles. The van der Waals surface area contributed by atoms with Crippen LogP contribution in [0.3, 0.4) is 0 Å². The maximum absolute atomic E-state index is 15.2. The Bertz CT molecular complexity index is 3110. The zero-order valence-electron chi connectivity index (χ0n) is 50.6. The van der Waals surface area contributed by atoms with Gasteiger partial charge in [-0.25, -0.2) is 0 Å². The summed E-state index contributed by atoms with van der Waals surface area (Å²) in [5.74, 6) is -6.17. The van der Waals surface area contributed by atoms with Crippen molar-refractivity contribution in [3.63, 3.8) is 0 Å². The van der Waals surface area contributed by atoms with E-state index in [0.29, 0.717) is 60.2 Å². The average Bonchev–Trinajstić information content (AvgIpc) is 4.41. The highest BCUT2D eigenvalue weighted by Gasteiger charge is 2.41. The molecule has 0 radical (unpaired) electrons. The summed E-state index contributed by atoms with van der Waals surface area (Å²) >= 11 is 1.45. The predicted molar refractivity (Wildman–Crippen MR) is 337 cm³/mol. The topological polar surface area (TPSA) is 295 Å². The highest BCUT2D eigenvalue weighted by Crippen LogP contribution is 2.23. The molecule has 87 heavy (non-hydrogen) atoms. The Morgan fingerprint density at radius 2 is 0.977 bits per heavy atom. The Morgan fingerprint density at radius 3 is 1.51 bits per heavy atom. The number of hydrogen-bond acceptors (Lipinski definition) is 11. The van der Waals surface area contributed by atoms with Crippen LogP contribution in [0.1, 0.15) is 101 Å². The van der Waals surface area contributed by atoms with Gasteiger partial charge in [0.2, 0.25) is 53.2 Å². The van der Waals surface area contributed by atoms with Crippen molar-refractivity contribution in [1.29, 1.82) is 0 Å². The Morgan fingerprint density at radius 1 is 0.517 bits per heavy atom. The second-order valence-electron chi connectivity index (χ2n) is 23.3. The van der Waals surface area contributed by atoms with Crippen molar-refractivity contribution >= 4 is 75.8 Å². The van der Waals surface area contributed by atoms with E-state index in [1.54, 1.807) is 73.8 Å². The molecule has 10 atom stereocenters. The maximum Gasteiger partial charge on any atom is 0.245 e. The number of amides is 9. The second-order valence-corrected chi connectivity index (χ2v) is 24.3. The van der Waals surface area contributed by atoms with Crippen LogP contribution in [-0.4, -0.2) is 143 Å². The minimum Gasteiger partial charge on any atom is -0.361 e. The number of fused-ring (bicyclic) bond motifs is 2. The molecule has 5 aromatic rings. The zero-order chi connectivity index (χ0) is 62.4. The number of rotatable bonds is 19. The van der Waals surface area contributed by atoms with Gasteiger partial charge < -0.3 is 58.2 Å². The molecule has 20 nitrogen and oxygen atoms in total. The fourth-order valence-corrected chi connectivity index (χ4v) is 11.7. The standard InChI is InChI=1S/C66H87N11O9S/c1-6-42(4)57-65(85)69-49(31-34-87-5)58(78)71-51(35-41(2)3)59(79)70-50(29-18-19-32-67)66(86)77-33-20-30-56(77)64(84)75-54(38-45-25-14-9-15-26-45)62(82)73-52(36-43-21-10-7-11-22-43)60(80)72-53(37-44-23-12-8-13-24-44)61(81)74-55(63(83)76-57)39-46-40-68-48-28-17-16-27-47(46)48/h7-17,21-28,40-42,49-57,68H,6,18-20,29-39,67H2,1-5H3,(H,69,85)(H,70,79)(H,71,78)(H,72,80)(H,73,82)(H,74,81)(H,75,84)(H,76,83). The van der Waals surface area contributed by atoms with Crippen LogP contribution < -0.4 is 48.3 Å². The van der Waals surface area contributed by atoms with Crippen molar-refractivity contribution in [3.05, 3.63) is 144 Å². The van der Waals surface area contributed by atoms with Gasteiger partial charge in [0.1, 0.15) is 54.4 Å². The van der Waals surface area contributed by atoms with Crippen molar-refractivity contribution in [2.45, 2.75) is 159 Å². The van der Waals surface area contributed by atoms with Crippen LogP contribution in [0.4, 0.5) is 0 Å². The van der Waals surface area contributed by atoms with Crippen LogP contribution in [0.2, 0.25) is 0 Å². The van der Waals surface area contributed by atoms with Gasteiger partial charge in [-0.05, 0) is 104 Å². The van der Waals surface area contributed by atoms with E-state index in [1.807, 2.05) is 81.6 Å². The van der Waals surface area contributed by atoms with E-state index < -0.39 is 113 Å². The summed E-state index contributed by atoms with van der Waals surface area (Å²) < 4.78 is 0. The fourth-order valence-electron chi connectivity index (χ4n) is 11.2. The molecule has 0 bridgehead atoms. The minimum absolute atomic E-state index is 0.00441. The summed E-state index contributed by atoms with van der Waals surface area (Å²) in [4.78, 5) is 139. The lowest BCUT2D eigenvalue weighted by atomic mass is 9.96. The van der Waals surface area contributed by atoms with Gasteiger partial charge in [-0.2, -0.15) is 11.8 Å². The van der Waals surface area contributed by atoms with Crippen molar-refractivity contribution < 1.29 is 43.2 Å². The van der Waals surface area contributed by atoms with E-state index >= 15 is 19.2 Å². The Kier molecular flexibility index (Phi) is 25.4. The third kappa shape index (κ3) is 19.2. The van der Waals surface area contributed by atoms with E-state index in [4.69, 9.17) is 5.73 Å². The molecule has 2 aliphatic heterocycles. The van der Waals surface area contributed by atoms with E-state index in [1.165, 1.54) is 16.7 Å². The summed E-state index contributed by atoms with van der Waals surface area (Å²) in [5.41, 5.74) is 9.42. The predicted octanol–water partition coefficient (Wildman–Crippen LogP) is 4.30. The Balaban J connectivity index is 1.33. The van der Waals surface area contributed by atoms with Crippen molar-refractivity contribution in [2.75, 3.05) is 25.1 Å². The summed E-state index contributed by atoms with van der Waals surface area (Å²) in [5, 5.41) is 24.2. The molecule has 2 saturated heterocycles. The summed E-state index contributed by atoms with van der Waals surface area (Å²) in [6, 6.07) is 23.5. The highest BCUT2D eigenvalue weighted by molar-refractivity contribution is 7.98. The van der Waals surface area contributed by atoms with E-state index in [9.17, 15) is 24.0 Å². The number of H-pyrrole nitrogens is 1. The number of aromatic nitrogens is 1. The van der Waals surface area contributed by atoms with Gasteiger partial charge in [-0.1, -0.05) is 143 Å². The summed E-state index contributed by atoms with van der Waals surface area (Å²) in [6.45, 7) is 7.94. The molecule has 21 heteroatoms. The molecule has 2 fully saturated rings. The number of nitrogens with zero attached hydrogens (tertiary/aromatic N) is 1. The molecule has 0 aliphatic carbocycles. The van der Waals surface area contributed by atoms with Crippen LogP contribution in [0.5, 0.6) is 0 Å². The number of nitrogens with two attached hydrogens (primary N) is 1. The van der Waals surface area contributed by atoms with Gasteiger partial charge in [-0.15, -0.1) is 0 Å². The van der Waals surface area contributed by atoms with Crippen LogP contribution in [0.15, 0.2) is 121 Å². The molecular formula is C66H87N11O9S. The van der Waals surface area contributed by atoms with Gasteiger partial charge >= 0.3 is 0 Å². The van der Waals surface area contributed by atoms with Crippen LogP contribution in [0.25, 0.3) is 10.9 Å². The maximum atomic E-state index is 15.2. The zero-order valence-corrected chi connectivity index (χ0v) is 51.4. The van der Waals surface area contributed by atoms with Crippen LogP contribution in [-0.2, 0) is 68.8 Å². The monoisotopic (exact) mass is 1210 g/mol. The lowest BCUT2D eigenvalue weighted by Gasteiger charge is -2.31. The Hall–Kier alpha value is -8.04. The van der Waals surface area contributed by atoms with Gasteiger partial charge in [0.25, 0.3) is 0 Å². The largest absolute Gasteiger partial charge is 0.361 e. The molecule has 2 aliphatic rings. The number of nitrogens with one attached hydrogen (secondary N) is 9. The molecule has 10 unspecified atom stereocenters. The number of unbranched alkanes of at least 4 members (excludes halogenated alkanes) is 1. The SMILES string of the molecule is CCC(C)C1NC(=O)C(Cc2c[nH]c3ccccc23)NC(=O)C(Cc2ccccc2)NC(=O)C(Cc2ccccc2)NC(=O)C(Cc2ccccc2)NC(=O)C2CCCN2C(=O)C(CCCCN)NC(=O)C(CC(C)C)NC(=O)C(CCSC)NC1=O. The lowest BCUT2D eigenvalue weighted by Crippen LogP contribution is -2.61. The molecule has 0 spiro atoms. The first-order valence-corrected chi connectivity index (χ1v) is 31.9. The lowest BCUT2D eigenvalue weighted by molar-refractivity contribution is -0.143. The fraction of sp³-hybridized carbons (Fsp3) is 0.470. The summed E-state index contributed by atoms with van der Waals surface area (Å²) in [6.07, 6.45) is 6.07. The van der Waals surface area contributed by atoms with E-state index in [-0.39, 0.29) is 63.8 Å². The van der Waals surface area contributed by atoms with Gasteiger partial charge in [0.15, 0.2) is 0 Å². The normalized spacial score (nSPS) is 23.9. The molecule has 466 valence electrons. The number of para-hydroxylation sites is 1. The number of carbonyl (C=O) groups is 9. The third-order valence-electron chi connectivity index (χ3n) is 16.3. The summed E-state index contributed by atoms with van der Waals surface area (Å²) in [7, 11) is 0. The average molecular weight is 1210 g/mol. The second kappa shape index (κ2) is 33.2. The quantitative estimate of drug-likeness (QED) is 0.0521. The molecule has 3 heterocycles. The van der Waals surface area contributed by atoms with Crippen LogP contribution in [0, 0.1) is 11.8 Å². The van der Waals surface area contributed by atoms with Crippen molar-refractivity contribution in [2.24, 2.45) is 17.6 Å². The number of carbonyl (C=O) groups excluding carboxylic acids is 9. The van der Waals surface area contributed by atoms with Gasteiger partial charge in [-0.3, -0.25) is 43.2 Å². The Labute approximate surface area is 514 Å². The molecule has 11 N–H and O–H groups in total. The van der Waals surface area contributed by atoms with Gasteiger partial charge in [0.05, 0.1) is 0 Å².